The number of hydrogen-bond donors (Lipinski definition) is 0. The number of carbonyl (C=O) groups excluding carboxylic acids is 1. The van der Waals surface area contributed by atoms with Crippen molar-refractivity contribution in [2.45, 2.75) is 65.1 Å². The van der Waals surface area contributed by atoms with Gasteiger partial charge < -0.3 is 9.47 Å². The van der Waals surface area contributed by atoms with Crippen LogP contribution in [0.3, 0.4) is 0 Å². The highest BCUT2D eigenvalue weighted by molar-refractivity contribution is 5.83. The van der Waals surface area contributed by atoms with Crippen LogP contribution < -0.4 is 0 Å². The van der Waals surface area contributed by atoms with Gasteiger partial charge >= 0.3 is 5.97 Å². The zero-order valence-corrected chi connectivity index (χ0v) is 17.0. The number of hydrogen-bond acceptors (Lipinski definition) is 4. The standard InChI is InChI=1S/C23H29NO3/c1-15-19(21(22(25)26-5)27-23(2,3)4)20(16-11-7-6-8-12-16)17-13-9-10-14-18(17)24-15/h6-8,11-12,21H,9-10,13-14H2,1-5H3. The Morgan fingerprint density at radius 2 is 1.78 bits per heavy atom. The van der Waals surface area contributed by atoms with Crippen molar-refractivity contribution >= 4 is 5.97 Å². The second-order valence-electron chi connectivity index (χ2n) is 8.12. The predicted octanol–water partition coefficient (Wildman–Crippen LogP) is 4.97. The van der Waals surface area contributed by atoms with Crippen molar-refractivity contribution in [2.75, 3.05) is 7.11 Å². The zero-order valence-electron chi connectivity index (χ0n) is 17.0. The van der Waals surface area contributed by atoms with Crippen molar-refractivity contribution in [3.63, 3.8) is 0 Å². The summed E-state index contributed by atoms with van der Waals surface area (Å²) < 4.78 is 11.3. The predicted molar refractivity (Wildman–Crippen MR) is 107 cm³/mol. The highest BCUT2D eigenvalue weighted by Gasteiger charge is 2.34. The molecule has 0 amide bonds. The second-order valence-corrected chi connectivity index (χ2v) is 8.12. The van der Waals surface area contributed by atoms with Crippen molar-refractivity contribution in [1.82, 2.24) is 4.98 Å². The number of nitrogens with zero attached hydrogens (tertiary/aromatic N) is 1. The molecule has 0 saturated heterocycles. The number of ether oxygens (including phenoxy) is 2. The van der Waals surface area contributed by atoms with Gasteiger partial charge in [-0.2, -0.15) is 0 Å². The summed E-state index contributed by atoms with van der Waals surface area (Å²) in [6.45, 7) is 7.82. The van der Waals surface area contributed by atoms with Crippen molar-refractivity contribution in [1.29, 1.82) is 0 Å². The van der Waals surface area contributed by atoms with Crippen LogP contribution >= 0.6 is 0 Å². The summed E-state index contributed by atoms with van der Waals surface area (Å²) in [5, 5.41) is 0. The molecule has 1 aromatic carbocycles. The molecule has 0 fully saturated rings. The molecular formula is C23H29NO3. The Morgan fingerprint density at radius 3 is 2.41 bits per heavy atom. The SMILES string of the molecule is COC(=O)C(OC(C)(C)C)c1c(C)nc2c(c1-c1ccccc1)CCCC2. The maximum absolute atomic E-state index is 12.7. The molecule has 0 bridgehead atoms. The third kappa shape index (κ3) is 4.22. The lowest BCUT2D eigenvalue weighted by Gasteiger charge is -2.30. The van der Waals surface area contributed by atoms with Gasteiger partial charge in [-0.1, -0.05) is 30.3 Å². The Hall–Kier alpha value is -2.20. The summed E-state index contributed by atoms with van der Waals surface area (Å²) in [4.78, 5) is 17.6. The van der Waals surface area contributed by atoms with Gasteiger partial charge in [0.05, 0.1) is 12.7 Å². The van der Waals surface area contributed by atoms with Gasteiger partial charge in [0.1, 0.15) is 0 Å². The number of aryl methyl sites for hydroxylation is 2. The summed E-state index contributed by atoms with van der Waals surface area (Å²) in [5.41, 5.74) is 5.78. The number of rotatable bonds is 4. The van der Waals surface area contributed by atoms with E-state index in [9.17, 15) is 4.79 Å². The smallest absolute Gasteiger partial charge is 0.339 e. The van der Waals surface area contributed by atoms with Crippen molar-refractivity contribution in [2.24, 2.45) is 0 Å². The van der Waals surface area contributed by atoms with Gasteiger partial charge in [-0.05, 0) is 70.1 Å². The van der Waals surface area contributed by atoms with Gasteiger partial charge in [0.15, 0.2) is 6.10 Å². The van der Waals surface area contributed by atoms with E-state index in [1.807, 2.05) is 45.9 Å². The second kappa shape index (κ2) is 7.81. The van der Waals surface area contributed by atoms with Crippen LogP contribution in [0.25, 0.3) is 11.1 Å². The normalized spacial score (nSPS) is 15.1. The molecule has 1 aliphatic carbocycles. The Balaban J connectivity index is 2.28. The summed E-state index contributed by atoms with van der Waals surface area (Å²) in [6, 6.07) is 10.3. The average molecular weight is 367 g/mol. The molecule has 1 aromatic heterocycles. The van der Waals surface area contributed by atoms with Crippen LogP contribution in [0, 0.1) is 6.92 Å². The van der Waals surface area contributed by atoms with Gasteiger partial charge in [-0.15, -0.1) is 0 Å². The third-order valence-corrected chi connectivity index (χ3v) is 4.91. The number of pyridine rings is 1. The lowest BCUT2D eigenvalue weighted by atomic mass is 9.84. The molecule has 4 heteroatoms. The molecule has 0 saturated carbocycles. The fourth-order valence-corrected chi connectivity index (χ4v) is 3.83. The molecule has 0 spiro atoms. The van der Waals surface area contributed by atoms with E-state index in [2.05, 4.69) is 12.1 Å². The molecule has 3 rings (SSSR count). The lowest BCUT2D eigenvalue weighted by Crippen LogP contribution is -2.30. The Morgan fingerprint density at radius 1 is 1.11 bits per heavy atom. The number of carbonyl (C=O) groups is 1. The maximum Gasteiger partial charge on any atom is 0.339 e. The van der Waals surface area contributed by atoms with Crippen LogP contribution in [0.15, 0.2) is 30.3 Å². The number of aromatic nitrogens is 1. The fraction of sp³-hybridized carbons (Fsp3) is 0.478. The van der Waals surface area contributed by atoms with Crippen LogP contribution in [0.4, 0.5) is 0 Å². The first kappa shape index (κ1) is 19.6. The average Bonchev–Trinajstić information content (AvgIpc) is 2.64. The van der Waals surface area contributed by atoms with Crippen LogP contribution in [0.2, 0.25) is 0 Å². The monoisotopic (exact) mass is 367 g/mol. The molecule has 0 N–H and O–H groups in total. The van der Waals surface area contributed by atoms with E-state index in [1.54, 1.807) is 0 Å². The van der Waals surface area contributed by atoms with Gasteiger partial charge in [-0.3, -0.25) is 4.98 Å². The topological polar surface area (TPSA) is 48.4 Å². The summed E-state index contributed by atoms with van der Waals surface area (Å²) in [7, 11) is 1.41. The maximum atomic E-state index is 12.7. The van der Waals surface area contributed by atoms with Gasteiger partial charge in [0, 0.05) is 17.0 Å². The Labute approximate surface area is 161 Å². The molecule has 1 aliphatic rings. The largest absolute Gasteiger partial charge is 0.467 e. The van der Waals surface area contributed by atoms with Gasteiger partial charge in [0.25, 0.3) is 0 Å². The number of benzene rings is 1. The van der Waals surface area contributed by atoms with Crippen LogP contribution in [-0.4, -0.2) is 23.7 Å². The van der Waals surface area contributed by atoms with Crippen molar-refractivity contribution in [3.05, 3.63) is 52.8 Å². The van der Waals surface area contributed by atoms with Gasteiger partial charge in [-0.25, -0.2) is 4.79 Å². The van der Waals surface area contributed by atoms with Crippen LogP contribution in [0.5, 0.6) is 0 Å². The van der Waals surface area contributed by atoms with Crippen LogP contribution in [-0.2, 0) is 27.1 Å². The van der Waals surface area contributed by atoms with E-state index >= 15 is 0 Å². The Bertz CT molecular complexity index is 822. The minimum Gasteiger partial charge on any atom is -0.467 e. The lowest BCUT2D eigenvalue weighted by molar-refractivity contribution is -0.164. The minimum absolute atomic E-state index is 0.386. The van der Waals surface area contributed by atoms with E-state index in [4.69, 9.17) is 14.5 Å². The number of methoxy groups -OCH3 is 1. The minimum atomic E-state index is -0.801. The third-order valence-electron chi connectivity index (χ3n) is 4.91. The molecule has 4 nitrogen and oxygen atoms in total. The van der Waals surface area contributed by atoms with E-state index in [1.165, 1.54) is 12.7 Å². The van der Waals surface area contributed by atoms with Crippen molar-refractivity contribution < 1.29 is 14.3 Å². The van der Waals surface area contributed by atoms with Gasteiger partial charge in [0.2, 0.25) is 0 Å². The number of esters is 1. The molecule has 0 radical (unpaired) electrons. The summed E-state index contributed by atoms with van der Waals surface area (Å²) in [6.07, 6.45) is 3.46. The first-order chi connectivity index (χ1) is 12.8. The highest BCUT2D eigenvalue weighted by atomic mass is 16.6. The van der Waals surface area contributed by atoms with E-state index < -0.39 is 11.7 Å². The molecule has 1 unspecified atom stereocenters. The van der Waals surface area contributed by atoms with Crippen LogP contribution in [0.1, 0.15) is 62.2 Å². The van der Waals surface area contributed by atoms with E-state index in [0.29, 0.717) is 0 Å². The summed E-state index contributed by atoms with van der Waals surface area (Å²) in [5.74, 6) is -0.386. The van der Waals surface area contributed by atoms with Crippen molar-refractivity contribution in [3.8, 4) is 11.1 Å². The Kier molecular flexibility index (Phi) is 5.66. The van der Waals surface area contributed by atoms with E-state index in [0.717, 1.165) is 53.8 Å². The molecule has 1 heterocycles. The molecule has 0 aliphatic heterocycles. The first-order valence-corrected chi connectivity index (χ1v) is 9.65. The summed E-state index contributed by atoms with van der Waals surface area (Å²) >= 11 is 0. The van der Waals surface area contributed by atoms with E-state index in [-0.39, 0.29) is 5.97 Å². The molecule has 144 valence electrons. The number of fused-ring (bicyclic) bond motifs is 1. The molecule has 27 heavy (non-hydrogen) atoms. The molecular weight excluding hydrogens is 338 g/mol. The highest BCUT2D eigenvalue weighted by Crippen LogP contribution is 2.40. The first-order valence-electron chi connectivity index (χ1n) is 9.65. The quantitative estimate of drug-likeness (QED) is 0.716. The molecule has 2 aromatic rings. The molecule has 1 atom stereocenters. The zero-order chi connectivity index (χ0) is 19.6. The fourth-order valence-electron chi connectivity index (χ4n) is 3.83.